The lowest BCUT2D eigenvalue weighted by molar-refractivity contribution is 0.281. The Balaban J connectivity index is 0.889. The van der Waals surface area contributed by atoms with Crippen LogP contribution in [-0.4, -0.2) is 13.4 Å². The van der Waals surface area contributed by atoms with Crippen molar-refractivity contribution in [2.24, 2.45) is 11.8 Å². The van der Waals surface area contributed by atoms with Crippen LogP contribution >= 0.6 is 0 Å². The number of hydrogen-bond acceptors (Lipinski definition) is 4. The van der Waals surface area contributed by atoms with Crippen LogP contribution in [0.25, 0.3) is 0 Å². The van der Waals surface area contributed by atoms with Crippen LogP contribution in [0.5, 0.6) is 23.0 Å². The molecule has 4 aliphatic heterocycles. The van der Waals surface area contributed by atoms with E-state index in [0.717, 1.165) is 57.1 Å². The number of allylic oxidation sites excluding steroid dienone is 8. The molecule has 1 spiro atoms. The molecule has 0 saturated heterocycles. The number of ether oxygens (including phenoxy) is 2. The number of para-hydroxylation sites is 8. The molecule has 0 aromatic heterocycles. The number of rotatable bonds is 4. The Labute approximate surface area is 392 Å². The van der Waals surface area contributed by atoms with Gasteiger partial charge in [0.15, 0.2) is 23.0 Å². The molecule has 4 heterocycles. The molecule has 316 valence electrons. The van der Waals surface area contributed by atoms with Crippen LogP contribution in [0.4, 0.5) is 34.1 Å². The summed E-state index contributed by atoms with van der Waals surface area (Å²) < 4.78 is 12.7. The lowest BCUT2D eigenvalue weighted by atomic mass is 9.19. The van der Waals surface area contributed by atoms with Gasteiger partial charge in [-0.25, -0.2) is 0 Å². The molecule has 14 rings (SSSR count). The fourth-order valence-electron chi connectivity index (χ4n) is 13.0. The van der Waals surface area contributed by atoms with Gasteiger partial charge in [0.1, 0.15) is 0 Å². The van der Waals surface area contributed by atoms with Crippen LogP contribution in [0.15, 0.2) is 243 Å². The van der Waals surface area contributed by atoms with Gasteiger partial charge in [-0.05, 0) is 107 Å². The van der Waals surface area contributed by atoms with Gasteiger partial charge in [-0.1, -0.05) is 192 Å². The summed E-state index contributed by atoms with van der Waals surface area (Å²) in [4.78, 5) is 4.67. The predicted molar refractivity (Wildman–Crippen MR) is 277 cm³/mol. The van der Waals surface area contributed by atoms with Gasteiger partial charge >= 0.3 is 0 Å². The third kappa shape index (κ3) is 5.63. The molecule has 6 heteroatoms. The minimum Gasteiger partial charge on any atom is -0.453 e. The summed E-state index contributed by atoms with van der Waals surface area (Å²) in [6, 6.07) is 71.0. The highest BCUT2D eigenvalue weighted by Gasteiger charge is 2.61. The lowest BCUT2D eigenvalue weighted by Crippen LogP contribution is -2.67. The highest BCUT2D eigenvalue weighted by atomic mass is 16.5. The van der Waals surface area contributed by atoms with Crippen LogP contribution in [-0.2, 0) is 5.41 Å². The Morgan fingerprint density at radius 2 is 0.672 bits per heavy atom. The number of nitrogens with zero attached hydrogens (tertiary/aromatic N) is 2. The van der Waals surface area contributed by atoms with Crippen molar-refractivity contribution in [3.05, 3.63) is 254 Å². The first-order chi connectivity index (χ1) is 33.3. The van der Waals surface area contributed by atoms with E-state index in [1.165, 1.54) is 33.0 Å². The molecular weight excluding hydrogens is 814 g/mol. The average molecular weight is 859 g/mol. The molecule has 67 heavy (non-hydrogen) atoms. The van der Waals surface area contributed by atoms with Gasteiger partial charge in [0.2, 0.25) is 13.4 Å². The van der Waals surface area contributed by atoms with Gasteiger partial charge in [0, 0.05) is 16.8 Å². The third-order valence-electron chi connectivity index (χ3n) is 15.5. The van der Waals surface area contributed by atoms with E-state index in [-0.39, 0.29) is 42.3 Å². The summed E-state index contributed by atoms with van der Waals surface area (Å²) in [5.41, 5.74) is 14.5. The molecule has 0 amide bonds. The lowest BCUT2D eigenvalue weighted by Gasteiger charge is -2.59. The summed E-state index contributed by atoms with van der Waals surface area (Å²) in [5.74, 6) is 4.34. The number of anilines is 6. The molecule has 0 radical (unpaired) electrons. The molecule has 4 atom stereocenters. The topological polar surface area (TPSA) is 24.9 Å². The first-order valence-corrected chi connectivity index (χ1v) is 23.7. The molecule has 2 aliphatic carbocycles. The van der Waals surface area contributed by atoms with Crippen molar-refractivity contribution in [3.8, 4) is 23.0 Å². The zero-order valence-corrected chi connectivity index (χ0v) is 36.8. The van der Waals surface area contributed by atoms with Crippen LogP contribution < -0.4 is 41.1 Å². The van der Waals surface area contributed by atoms with E-state index in [9.17, 15) is 0 Å². The van der Waals surface area contributed by atoms with E-state index in [0.29, 0.717) is 0 Å². The Morgan fingerprint density at radius 3 is 1.06 bits per heavy atom. The van der Waals surface area contributed by atoms with E-state index in [1.807, 2.05) is 24.3 Å². The van der Waals surface area contributed by atoms with Crippen molar-refractivity contribution in [2.45, 2.75) is 17.0 Å². The molecule has 0 bridgehead atoms. The number of benzene rings is 8. The Hall–Kier alpha value is -7.95. The summed E-state index contributed by atoms with van der Waals surface area (Å²) in [7, 11) is 0. The van der Waals surface area contributed by atoms with Gasteiger partial charge in [0.25, 0.3) is 0 Å². The standard InChI is InChI=1S/C61H44B2N2O2/c1-5-21-49-45(17-1)61(46-18-2-6-22-50(46)62(49)41-33-37-43(38-34-41)64-53-25-9-13-29-57(53)66-58-30-14-10-26-54(58)64)47-19-3-7-23-51(47)63(52-24-8-4-20-48(52)61)42-35-39-44(40-36-42)65-55-27-11-15-31-59(55)67-60-32-16-12-28-56(60)65/h1-40,45,47,49,51H. The summed E-state index contributed by atoms with van der Waals surface area (Å²) in [5, 5.41) is 0. The summed E-state index contributed by atoms with van der Waals surface area (Å²) >= 11 is 0. The van der Waals surface area contributed by atoms with E-state index >= 15 is 0 Å². The summed E-state index contributed by atoms with van der Waals surface area (Å²) in [6.45, 7) is 0.335. The van der Waals surface area contributed by atoms with Crippen molar-refractivity contribution in [1.82, 2.24) is 0 Å². The van der Waals surface area contributed by atoms with E-state index in [4.69, 9.17) is 9.47 Å². The highest BCUT2D eigenvalue weighted by Crippen LogP contribution is 2.61. The first-order valence-electron chi connectivity index (χ1n) is 23.7. The normalized spacial score (nSPS) is 22.0. The molecule has 4 nitrogen and oxygen atoms in total. The summed E-state index contributed by atoms with van der Waals surface area (Å²) in [6.07, 6.45) is 19.4. The Morgan fingerprint density at radius 1 is 0.343 bits per heavy atom. The van der Waals surface area contributed by atoms with E-state index in [2.05, 4.69) is 228 Å². The fourth-order valence-corrected chi connectivity index (χ4v) is 13.0. The van der Waals surface area contributed by atoms with Crippen LogP contribution in [0, 0.1) is 11.8 Å². The minimum absolute atomic E-state index is 0.167. The van der Waals surface area contributed by atoms with Gasteiger partial charge < -0.3 is 19.3 Å². The van der Waals surface area contributed by atoms with Crippen molar-refractivity contribution in [2.75, 3.05) is 9.80 Å². The molecule has 4 unspecified atom stereocenters. The van der Waals surface area contributed by atoms with E-state index in [1.54, 1.807) is 0 Å². The molecular formula is C61H44B2N2O2. The van der Waals surface area contributed by atoms with Gasteiger partial charge in [-0.15, -0.1) is 0 Å². The molecule has 6 aliphatic rings. The fraction of sp³-hybridized carbons (Fsp3) is 0.0820. The molecule has 0 saturated carbocycles. The van der Waals surface area contributed by atoms with Crippen LogP contribution in [0.2, 0.25) is 11.6 Å². The van der Waals surface area contributed by atoms with Gasteiger partial charge in [-0.3, -0.25) is 0 Å². The number of hydrogen-bond donors (Lipinski definition) is 0. The first kappa shape index (κ1) is 38.3. The minimum atomic E-state index is -0.305. The molecule has 0 fully saturated rings. The highest BCUT2D eigenvalue weighted by molar-refractivity contribution is 6.88. The molecule has 8 aromatic carbocycles. The average Bonchev–Trinajstić information content (AvgIpc) is 3.40. The van der Waals surface area contributed by atoms with E-state index < -0.39 is 0 Å². The van der Waals surface area contributed by atoms with Crippen molar-refractivity contribution >= 4 is 69.4 Å². The van der Waals surface area contributed by atoms with Gasteiger partial charge in [-0.2, -0.15) is 0 Å². The largest absolute Gasteiger partial charge is 0.453 e. The molecule has 8 aromatic rings. The predicted octanol–water partition coefficient (Wildman–Crippen LogP) is 12.6. The van der Waals surface area contributed by atoms with Crippen molar-refractivity contribution in [3.63, 3.8) is 0 Å². The Bertz CT molecular complexity index is 3070. The van der Waals surface area contributed by atoms with Gasteiger partial charge in [0.05, 0.1) is 22.7 Å². The second kappa shape index (κ2) is 15.0. The zero-order valence-electron chi connectivity index (χ0n) is 36.8. The smallest absolute Gasteiger partial charge is 0.217 e. The monoisotopic (exact) mass is 858 g/mol. The second-order valence-electron chi connectivity index (χ2n) is 18.7. The maximum Gasteiger partial charge on any atom is 0.217 e. The zero-order chi connectivity index (χ0) is 44.1. The molecule has 0 N–H and O–H groups in total. The maximum absolute atomic E-state index is 6.37. The number of fused-ring (bicyclic) bond motifs is 12. The van der Waals surface area contributed by atoms with Crippen LogP contribution in [0.1, 0.15) is 11.1 Å². The third-order valence-corrected chi connectivity index (χ3v) is 15.5. The van der Waals surface area contributed by atoms with Crippen molar-refractivity contribution < 1.29 is 9.47 Å². The quantitative estimate of drug-likeness (QED) is 0.165. The second-order valence-corrected chi connectivity index (χ2v) is 18.7. The maximum atomic E-state index is 6.37. The SMILES string of the molecule is C1=CC2B(c3ccc(N4c5ccccc5Oc5ccccc54)cc3)c3ccccc3C3(c4ccccc4B(c4ccc(N5c6ccccc6Oc6ccccc65)cc4)C4C=CC=CC43)C2C=C1. The van der Waals surface area contributed by atoms with Crippen LogP contribution in [0.3, 0.4) is 0 Å². The Kier molecular flexibility index (Phi) is 8.61. The van der Waals surface area contributed by atoms with Crippen molar-refractivity contribution in [1.29, 1.82) is 0 Å².